The number of alkyl halides is 3. The predicted octanol–water partition coefficient (Wildman–Crippen LogP) is 4.03. The van der Waals surface area contributed by atoms with E-state index in [2.05, 4.69) is 24.6 Å². The summed E-state index contributed by atoms with van der Waals surface area (Å²) in [6.07, 6.45) is -2.06. The monoisotopic (exact) mass is 508 g/mol. The van der Waals surface area contributed by atoms with Crippen molar-refractivity contribution in [1.29, 1.82) is 0 Å². The fourth-order valence-corrected chi connectivity index (χ4v) is 4.91. The molecule has 35 heavy (non-hydrogen) atoms. The molecule has 13 heteroatoms. The summed E-state index contributed by atoms with van der Waals surface area (Å²) >= 11 is 0. The van der Waals surface area contributed by atoms with Crippen LogP contribution >= 0.6 is 0 Å². The van der Waals surface area contributed by atoms with Gasteiger partial charge in [-0.05, 0) is 50.1 Å². The molecule has 0 spiro atoms. The van der Waals surface area contributed by atoms with E-state index >= 15 is 0 Å². The Morgan fingerprint density at radius 3 is 2.71 bits per heavy atom. The molecule has 186 valence electrons. The maximum absolute atomic E-state index is 12.5. The van der Waals surface area contributed by atoms with E-state index in [-0.39, 0.29) is 5.88 Å². The minimum Gasteiger partial charge on any atom is -0.463 e. The third-order valence-corrected chi connectivity index (χ3v) is 7.66. The van der Waals surface area contributed by atoms with Crippen molar-refractivity contribution in [2.45, 2.75) is 32.5 Å². The van der Waals surface area contributed by atoms with Gasteiger partial charge in [0, 0.05) is 23.1 Å². The van der Waals surface area contributed by atoms with Crippen molar-refractivity contribution < 1.29 is 26.9 Å². The number of nitrogens with one attached hydrogen (secondary N) is 2. The Labute approximate surface area is 199 Å². The van der Waals surface area contributed by atoms with Crippen LogP contribution in [0.2, 0.25) is 0 Å². The third kappa shape index (κ3) is 5.96. The largest absolute Gasteiger partial charge is 0.463 e. The minimum absolute atomic E-state index is 0.0140. The molecule has 3 heterocycles. The summed E-state index contributed by atoms with van der Waals surface area (Å²) in [5, 5.41) is 5.59. The maximum atomic E-state index is 12.5. The van der Waals surface area contributed by atoms with Gasteiger partial charge in [-0.3, -0.25) is 4.79 Å². The van der Waals surface area contributed by atoms with Crippen LogP contribution in [0.4, 0.5) is 30.4 Å². The number of hydrogen-bond donors (Lipinski definition) is 2. The molecule has 0 radical (unpaired) electrons. The minimum atomic E-state index is -4.53. The molecule has 0 aliphatic carbocycles. The second-order valence-electron chi connectivity index (χ2n) is 8.08. The van der Waals surface area contributed by atoms with Gasteiger partial charge in [0.2, 0.25) is 5.88 Å². The van der Waals surface area contributed by atoms with Crippen LogP contribution in [0, 0.1) is 6.92 Å². The molecule has 0 unspecified atom stereocenters. The van der Waals surface area contributed by atoms with Gasteiger partial charge in [-0.1, -0.05) is 0 Å². The Bertz CT molecular complexity index is 1380. The summed E-state index contributed by atoms with van der Waals surface area (Å²) in [7, 11) is -2.18. The number of pyridine rings is 1. The van der Waals surface area contributed by atoms with Crippen molar-refractivity contribution in [2.75, 3.05) is 23.4 Å². The molecule has 4 rings (SSSR count). The van der Waals surface area contributed by atoms with Crippen molar-refractivity contribution in [2.24, 2.45) is 4.36 Å². The second kappa shape index (κ2) is 9.64. The third-order valence-electron chi connectivity index (χ3n) is 5.26. The fraction of sp³-hybridized carbons (Fsp3) is 0.364. The zero-order valence-electron chi connectivity index (χ0n) is 18.9. The van der Waals surface area contributed by atoms with E-state index in [0.717, 1.165) is 12.0 Å². The summed E-state index contributed by atoms with van der Waals surface area (Å²) in [4.78, 5) is 24.7. The van der Waals surface area contributed by atoms with E-state index < -0.39 is 34.5 Å². The SMILES string of the molecule is Cc1cc(N=S2(=O)CCC2)cc2ncnc(Nc3cccnc3O[C@H](C)C(=O)NCC(F)(F)F)c12. The first-order valence-electron chi connectivity index (χ1n) is 10.7. The number of anilines is 2. The molecule has 3 aromatic rings. The van der Waals surface area contributed by atoms with Crippen LogP contribution in [-0.4, -0.2) is 55.4 Å². The second-order valence-corrected chi connectivity index (χ2v) is 10.6. The Balaban J connectivity index is 1.58. The van der Waals surface area contributed by atoms with Gasteiger partial charge in [0.1, 0.15) is 24.4 Å². The molecular weight excluding hydrogens is 485 g/mol. The summed E-state index contributed by atoms with van der Waals surface area (Å²) in [6.45, 7) is 1.73. The van der Waals surface area contributed by atoms with Crippen molar-refractivity contribution in [3.63, 3.8) is 0 Å². The summed E-state index contributed by atoms with van der Waals surface area (Å²) in [5.41, 5.74) is 2.34. The quantitative estimate of drug-likeness (QED) is 0.495. The van der Waals surface area contributed by atoms with Gasteiger partial charge >= 0.3 is 6.18 Å². The van der Waals surface area contributed by atoms with Crippen LogP contribution in [0.1, 0.15) is 18.9 Å². The van der Waals surface area contributed by atoms with Gasteiger partial charge in [-0.15, -0.1) is 0 Å². The first-order chi connectivity index (χ1) is 16.5. The number of aromatic nitrogens is 3. The molecule has 0 saturated carbocycles. The van der Waals surface area contributed by atoms with E-state index in [1.807, 2.05) is 13.0 Å². The molecule has 2 aromatic heterocycles. The van der Waals surface area contributed by atoms with Gasteiger partial charge < -0.3 is 15.4 Å². The van der Waals surface area contributed by atoms with Gasteiger partial charge in [-0.2, -0.15) is 17.5 Å². The average molecular weight is 509 g/mol. The number of nitrogens with zero attached hydrogens (tertiary/aromatic N) is 4. The van der Waals surface area contributed by atoms with Crippen molar-refractivity contribution >= 4 is 43.7 Å². The smallest absolute Gasteiger partial charge is 0.405 e. The van der Waals surface area contributed by atoms with E-state index in [0.29, 0.717) is 39.6 Å². The lowest BCUT2D eigenvalue weighted by molar-refractivity contribution is -0.142. The average Bonchev–Trinajstić information content (AvgIpc) is 2.77. The summed E-state index contributed by atoms with van der Waals surface area (Å²) < 4.78 is 59.6. The zero-order chi connectivity index (χ0) is 25.2. The lowest BCUT2D eigenvalue weighted by Gasteiger charge is -2.19. The molecule has 1 aliphatic rings. The first-order valence-corrected chi connectivity index (χ1v) is 12.6. The molecule has 0 bridgehead atoms. The number of benzene rings is 1. The molecule has 1 aromatic carbocycles. The standard InChI is InChI=1S/C22H23F3N6O3S/c1-13-9-15(31-35(33)7-4-8-35)10-17-18(13)19(29-12-28-17)30-16-5-3-6-26-21(16)34-14(2)20(32)27-11-22(23,24)25/h3,5-6,9-10,12,14H,4,7-8,11H2,1-2H3,(H,27,32)(H,28,29,30)/t14-/m1/s1. The van der Waals surface area contributed by atoms with E-state index in [1.54, 1.807) is 23.5 Å². The highest BCUT2D eigenvalue weighted by molar-refractivity contribution is 7.95. The number of ether oxygens (including phenoxy) is 1. The number of halogens is 3. The van der Waals surface area contributed by atoms with Gasteiger partial charge in [0.05, 0.1) is 20.9 Å². The topological polar surface area (TPSA) is 118 Å². The summed E-state index contributed by atoms with van der Waals surface area (Å²) in [6, 6.07) is 6.83. The van der Waals surface area contributed by atoms with E-state index in [4.69, 9.17) is 4.74 Å². The van der Waals surface area contributed by atoms with Gasteiger partial charge in [0.25, 0.3) is 5.91 Å². The van der Waals surface area contributed by atoms with Crippen LogP contribution in [0.3, 0.4) is 0 Å². The Kier molecular flexibility index (Phi) is 6.79. The predicted molar refractivity (Wildman–Crippen MR) is 126 cm³/mol. The van der Waals surface area contributed by atoms with Crippen molar-refractivity contribution in [3.05, 3.63) is 42.4 Å². The lowest BCUT2D eigenvalue weighted by atomic mass is 10.1. The van der Waals surface area contributed by atoms with Crippen molar-refractivity contribution in [3.8, 4) is 5.88 Å². The number of fused-ring (bicyclic) bond motifs is 1. The van der Waals surface area contributed by atoms with E-state index in [9.17, 15) is 22.2 Å². The number of rotatable bonds is 7. The molecule has 2 N–H and O–H groups in total. The molecule has 1 amide bonds. The molecule has 1 atom stereocenters. The van der Waals surface area contributed by atoms with Crippen LogP contribution in [0.5, 0.6) is 5.88 Å². The number of amides is 1. The lowest BCUT2D eigenvalue weighted by Crippen LogP contribution is -2.41. The van der Waals surface area contributed by atoms with Gasteiger partial charge in [0.15, 0.2) is 6.10 Å². The Morgan fingerprint density at radius 2 is 2.03 bits per heavy atom. The van der Waals surface area contributed by atoms with E-state index in [1.165, 1.54) is 19.4 Å². The number of hydrogen-bond acceptors (Lipinski definition) is 8. The number of carbonyl (C=O) groups is 1. The first kappa shape index (κ1) is 24.6. The number of carbonyl (C=O) groups excluding carboxylic acids is 1. The van der Waals surface area contributed by atoms with Crippen LogP contribution in [0.25, 0.3) is 10.9 Å². The highest BCUT2D eigenvalue weighted by Gasteiger charge is 2.29. The fourth-order valence-electron chi connectivity index (χ4n) is 3.45. The maximum Gasteiger partial charge on any atom is 0.405 e. The summed E-state index contributed by atoms with van der Waals surface area (Å²) in [5.74, 6) is 0.705. The molecule has 1 saturated heterocycles. The molecule has 1 fully saturated rings. The highest BCUT2D eigenvalue weighted by atomic mass is 32.2. The Hall–Kier alpha value is -3.48. The highest BCUT2D eigenvalue weighted by Crippen LogP contribution is 2.33. The van der Waals surface area contributed by atoms with Crippen LogP contribution in [-0.2, 0) is 14.5 Å². The molecule has 9 nitrogen and oxygen atoms in total. The molecule has 1 aliphatic heterocycles. The number of aryl methyl sites for hydroxylation is 1. The van der Waals surface area contributed by atoms with Crippen molar-refractivity contribution in [1.82, 2.24) is 20.3 Å². The van der Waals surface area contributed by atoms with Gasteiger partial charge in [-0.25, -0.2) is 19.2 Å². The Morgan fingerprint density at radius 1 is 1.26 bits per heavy atom. The zero-order valence-corrected chi connectivity index (χ0v) is 19.7. The van der Waals surface area contributed by atoms with Crippen LogP contribution < -0.4 is 15.4 Å². The molecular formula is C22H23F3N6O3S. The normalized spacial score (nSPS) is 15.7. The van der Waals surface area contributed by atoms with Crippen LogP contribution in [0.15, 0.2) is 41.2 Å².